The van der Waals surface area contributed by atoms with Crippen molar-refractivity contribution in [2.75, 3.05) is 25.5 Å². The number of anilines is 1. The quantitative estimate of drug-likeness (QED) is 0.461. The van der Waals surface area contributed by atoms with Crippen LogP contribution in [0, 0.1) is 5.82 Å². The molecule has 0 aliphatic carbocycles. The summed E-state index contributed by atoms with van der Waals surface area (Å²) in [5, 5.41) is 0. The molecule has 0 spiro atoms. The van der Waals surface area contributed by atoms with Crippen LogP contribution in [0.25, 0.3) is 16.6 Å². The van der Waals surface area contributed by atoms with Gasteiger partial charge in [0, 0.05) is 18.8 Å². The second-order valence-electron chi connectivity index (χ2n) is 7.53. The van der Waals surface area contributed by atoms with Gasteiger partial charge in [-0.15, -0.1) is 0 Å². The van der Waals surface area contributed by atoms with Gasteiger partial charge in [-0.25, -0.2) is 14.4 Å². The summed E-state index contributed by atoms with van der Waals surface area (Å²) >= 11 is 0. The molecule has 33 heavy (non-hydrogen) atoms. The van der Waals surface area contributed by atoms with Crippen molar-refractivity contribution in [1.82, 2.24) is 24.3 Å². The van der Waals surface area contributed by atoms with E-state index < -0.39 is 29.5 Å². The number of aromatic nitrogens is 4. The summed E-state index contributed by atoms with van der Waals surface area (Å²) in [6.45, 7) is 0.329. The first-order valence-corrected chi connectivity index (χ1v) is 9.86. The average Bonchev–Trinajstić information content (AvgIpc) is 3.29. The Labute approximate surface area is 183 Å². The fraction of sp³-hybridized carbons (Fsp3) is 0.238. The summed E-state index contributed by atoms with van der Waals surface area (Å²) in [5.41, 5.74) is 6.16. The number of pyridine rings is 1. The van der Waals surface area contributed by atoms with Crippen molar-refractivity contribution in [3.05, 3.63) is 65.6 Å². The zero-order valence-corrected chi connectivity index (χ0v) is 16.9. The Bertz CT molecular complexity index is 1370. The predicted octanol–water partition coefficient (Wildman–Crippen LogP) is 3.23. The van der Waals surface area contributed by atoms with Gasteiger partial charge in [0.2, 0.25) is 0 Å². The number of hydrogen-bond donors (Lipinski definition) is 1. The second kappa shape index (κ2) is 7.66. The van der Waals surface area contributed by atoms with Crippen molar-refractivity contribution >= 4 is 28.3 Å². The van der Waals surface area contributed by atoms with Gasteiger partial charge < -0.3 is 15.4 Å². The molecule has 1 aromatic carbocycles. The Kier molecular flexibility index (Phi) is 4.89. The lowest BCUT2D eigenvalue weighted by Gasteiger charge is -2.35. The molecule has 0 radical (unpaired) electrons. The molecule has 5 rings (SSSR count). The summed E-state index contributed by atoms with van der Waals surface area (Å²) in [4.78, 5) is 26.8. The van der Waals surface area contributed by atoms with E-state index in [0.29, 0.717) is 17.2 Å². The molecule has 1 amide bonds. The number of carbonyl (C=O) groups excluding carboxylic acids is 1. The number of fused-ring (bicyclic) bond motifs is 3. The molecular weight excluding hydrogens is 444 g/mol. The van der Waals surface area contributed by atoms with Crippen LogP contribution in [0.15, 0.2) is 43.0 Å². The molecule has 4 aromatic rings. The maximum atomic E-state index is 15.0. The number of carbonyl (C=O) groups is 1. The first-order chi connectivity index (χ1) is 15.7. The molecule has 1 unspecified atom stereocenters. The molecule has 1 fully saturated rings. The standard InChI is InChI=1S/C21H16F4N6O2/c22-13-6-15-16(31-10-27-8-17(31)19(26)29-15)5-12(13)20(32)30-3-4-33-9-18(30)14-2-1-11(7-28-14)21(23,24)25/h1-2,5-8,10,18H,3-4,9H2,(H2,26,29). The SMILES string of the molecule is Nc1nc2cc(F)c(C(=O)N3CCOCC3c3ccc(C(F)(F)F)cn3)cc2n2cncc12. The second-order valence-corrected chi connectivity index (χ2v) is 7.53. The lowest BCUT2D eigenvalue weighted by atomic mass is 10.1. The molecule has 12 heteroatoms. The average molecular weight is 460 g/mol. The van der Waals surface area contributed by atoms with Crippen molar-refractivity contribution in [3.8, 4) is 0 Å². The van der Waals surface area contributed by atoms with Crippen molar-refractivity contribution in [3.63, 3.8) is 0 Å². The third-order valence-electron chi connectivity index (χ3n) is 5.54. The summed E-state index contributed by atoms with van der Waals surface area (Å²) in [7, 11) is 0. The number of rotatable bonds is 2. The van der Waals surface area contributed by atoms with Crippen molar-refractivity contribution in [2.24, 2.45) is 0 Å². The lowest BCUT2D eigenvalue weighted by Crippen LogP contribution is -2.44. The van der Waals surface area contributed by atoms with Gasteiger partial charge in [-0.2, -0.15) is 13.2 Å². The van der Waals surface area contributed by atoms with E-state index in [4.69, 9.17) is 10.5 Å². The highest BCUT2D eigenvalue weighted by Gasteiger charge is 2.34. The summed E-state index contributed by atoms with van der Waals surface area (Å²) in [6.07, 6.45) is -0.851. The molecule has 0 bridgehead atoms. The predicted molar refractivity (Wildman–Crippen MR) is 109 cm³/mol. The highest BCUT2D eigenvalue weighted by atomic mass is 19.4. The number of amides is 1. The number of morpholine rings is 1. The van der Waals surface area contributed by atoms with E-state index in [1.54, 1.807) is 4.40 Å². The summed E-state index contributed by atoms with van der Waals surface area (Å²) in [5.74, 6) is -1.28. The number of ether oxygens (including phenoxy) is 1. The molecule has 2 N–H and O–H groups in total. The largest absolute Gasteiger partial charge is 0.417 e. The number of nitrogen functional groups attached to an aromatic ring is 1. The number of alkyl halides is 3. The number of hydrogen-bond acceptors (Lipinski definition) is 6. The Morgan fingerprint density at radius 1 is 1.18 bits per heavy atom. The molecule has 1 atom stereocenters. The van der Waals surface area contributed by atoms with Gasteiger partial charge in [-0.1, -0.05) is 0 Å². The molecule has 3 aromatic heterocycles. The minimum atomic E-state index is -4.53. The first kappa shape index (κ1) is 21.1. The fourth-order valence-electron chi connectivity index (χ4n) is 3.88. The van der Waals surface area contributed by atoms with Gasteiger partial charge in [0.25, 0.3) is 5.91 Å². The van der Waals surface area contributed by atoms with Crippen LogP contribution in [0.3, 0.4) is 0 Å². The van der Waals surface area contributed by atoms with Crippen LogP contribution >= 0.6 is 0 Å². The van der Waals surface area contributed by atoms with E-state index in [0.717, 1.165) is 12.1 Å². The molecular formula is C21H16F4N6O2. The van der Waals surface area contributed by atoms with E-state index in [1.807, 2.05) is 0 Å². The van der Waals surface area contributed by atoms with E-state index in [2.05, 4.69) is 15.0 Å². The van der Waals surface area contributed by atoms with Crippen molar-refractivity contribution in [1.29, 1.82) is 0 Å². The van der Waals surface area contributed by atoms with Crippen LogP contribution < -0.4 is 5.73 Å². The summed E-state index contributed by atoms with van der Waals surface area (Å²) < 4.78 is 60.6. The van der Waals surface area contributed by atoms with Crippen molar-refractivity contribution in [2.45, 2.75) is 12.2 Å². The van der Waals surface area contributed by atoms with Crippen LogP contribution in [0.2, 0.25) is 0 Å². The lowest BCUT2D eigenvalue weighted by molar-refractivity contribution is -0.137. The highest BCUT2D eigenvalue weighted by molar-refractivity contribution is 5.98. The number of nitrogens with zero attached hydrogens (tertiary/aromatic N) is 5. The maximum Gasteiger partial charge on any atom is 0.417 e. The van der Waals surface area contributed by atoms with E-state index in [9.17, 15) is 22.4 Å². The van der Waals surface area contributed by atoms with Gasteiger partial charge in [0.05, 0.1) is 59.6 Å². The monoisotopic (exact) mass is 460 g/mol. The van der Waals surface area contributed by atoms with Gasteiger partial charge in [-0.05, 0) is 18.2 Å². The normalized spacial score (nSPS) is 17.1. The van der Waals surface area contributed by atoms with Crippen LogP contribution in [0.4, 0.5) is 23.4 Å². The molecule has 1 aliphatic heterocycles. The molecule has 170 valence electrons. The number of imidazole rings is 1. The zero-order valence-electron chi connectivity index (χ0n) is 16.9. The molecule has 1 aliphatic rings. The molecule has 1 saturated heterocycles. The minimum absolute atomic E-state index is 0.0170. The van der Waals surface area contributed by atoms with Crippen LogP contribution in [-0.2, 0) is 10.9 Å². The molecule has 4 heterocycles. The fourth-order valence-corrected chi connectivity index (χ4v) is 3.88. The zero-order chi connectivity index (χ0) is 23.3. The van der Waals surface area contributed by atoms with Crippen LogP contribution in [0.5, 0.6) is 0 Å². The van der Waals surface area contributed by atoms with Gasteiger partial charge in [0.1, 0.15) is 17.2 Å². The topological polar surface area (TPSA) is 98.6 Å². The third-order valence-corrected chi connectivity index (χ3v) is 5.54. The number of benzene rings is 1. The summed E-state index contributed by atoms with van der Waals surface area (Å²) in [6, 6.07) is 3.79. The third kappa shape index (κ3) is 3.61. The highest BCUT2D eigenvalue weighted by Crippen LogP contribution is 2.31. The number of nitrogens with two attached hydrogens (primary N) is 1. The van der Waals surface area contributed by atoms with E-state index in [-0.39, 0.29) is 42.4 Å². The number of halogens is 4. The van der Waals surface area contributed by atoms with Gasteiger partial charge in [-0.3, -0.25) is 14.2 Å². The Balaban J connectivity index is 1.54. The van der Waals surface area contributed by atoms with Gasteiger partial charge >= 0.3 is 6.18 Å². The maximum absolute atomic E-state index is 15.0. The van der Waals surface area contributed by atoms with Crippen LogP contribution in [-0.4, -0.2) is 49.9 Å². The van der Waals surface area contributed by atoms with E-state index >= 15 is 0 Å². The van der Waals surface area contributed by atoms with E-state index in [1.165, 1.54) is 29.6 Å². The Hall–Kier alpha value is -3.80. The smallest absolute Gasteiger partial charge is 0.382 e. The van der Waals surface area contributed by atoms with Crippen LogP contribution in [0.1, 0.15) is 27.7 Å². The molecule has 8 nitrogen and oxygen atoms in total. The minimum Gasteiger partial charge on any atom is -0.382 e. The first-order valence-electron chi connectivity index (χ1n) is 9.86. The molecule has 0 saturated carbocycles. The van der Waals surface area contributed by atoms with Crippen molar-refractivity contribution < 1.29 is 27.1 Å². The van der Waals surface area contributed by atoms with Gasteiger partial charge in [0.15, 0.2) is 0 Å². The Morgan fingerprint density at radius 3 is 2.73 bits per heavy atom. The Morgan fingerprint density at radius 2 is 2.00 bits per heavy atom.